The second kappa shape index (κ2) is 8.50. The average Bonchev–Trinajstić information content (AvgIpc) is 3.36. The smallest absolute Gasteiger partial charge is 0.146 e. The van der Waals surface area contributed by atoms with Crippen LogP contribution in [0, 0.1) is 0 Å². The number of hydrogen-bond acceptors (Lipinski definition) is 6. The Morgan fingerprint density at radius 1 is 1.26 bits per heavy atom. The van der Waals surface area contributed by atoms with Gasteiger partial charge in [-0.3, -0.25) is 14.5 Å². The topological polar surface area (TPSA) is 64.2 Å². The fourth-order valence-electron chi connectivity index (χ4n) is 4.14. The van der Waals surface area contributed by atoms with Gasteiger partial charge in [0.2, 0.25) is 0 Å². The Bertz CT molecular complexity index is 734. The highest BCUT2D eigenvalue weighted by atomic mass is 16.5. The zero-order valence-corrected chi connectivity index (χ0v) is 16.5. The molecule has 0 aromatic carbocycles. The zero-order valence-electron chi connectivity index (χ0n) is 16.5. The summed E-state index contributed by atoms with van der Waals surface area (Å²) in [5, 5.41) is 13.1. The maximum atomic E-state index is 5.83. The van der Waals surface area contributed by atoms with Gasteiger partial charge in [0.05, 0.1) is 24.0 Å². The van der Waals surface area contributed by atoms with Crippen LogP contribution in [0.15, 0.2) is 12.4 Å². The maximum absolute atomic E-state index is 5.83. The highest BCUT2D eigenvalue weighted by molar-refractivity contribution is 5.11. The molecule has 8 heteroatoms. The SMILES string of the molecule is CCn1cnnc1CN(C)Cc1cc2n(n1)CCCN(CC1CCCO1)C2. The summed E-state index contributed by atoms with van der Waals surface area (Å²) in [6.07, 6.45) is 5.77. The standard InChI is InChI=1S/C19H31N7O/c1-3-25-15-20-21-19(25)14-23(2)11-16-10-17-12-24(7-5-8-26(17)22-16)13-18-6-4-9-27-18/h10,15,18H,3-9,11-14H2,1-2H3. The van der Waals surface area contributed by atoms with E-state index in [0.717, 1.165) is 70.4 Å². The van der Waals surface area contributed by atoms with Crippen LogP contribution >= 0.6 is 0 Å². The van der Waals surface area contributed by atoms with Gasteiger partial charge < -0.3 is 9.30 Å². The summed E-state index contributed by atoms with van der Waals surface area (Å²) in [7, 11) is 2.11. The van der Waals surface area contributed by atoms with E-state index in [-0.39, 0.29) is 0 Å². The van der Waals surface area contributed by atoms with Gasteiger partial charge in [0.15, 0.2) is 0 Å². The molecular weight excluding hydrogens is 342 g/mol. The third-order valence-corrected chi connectivity index (χ3v) is 5.51. The first kappa shape index (κ1) is 18.6. The number of aromatic nitrogens is 5. The summed E-state index contributed by atoms with van der Waals surface area (Å²) >= 11 is 0. The Balaban J connectivity index is 1.36. The van der Waals surface area contributed by atoms with Crippen molar-refractivity contribution < 1.29 is 4.74 Å². The van der Waals surface area contributed by atoms with Crippen LogP contribution in [0.4, 0.5) is 0 Å². The molecule has 8 nitrogen and oxygen atoms in total. The zero-order chi connectivity index (χ0) is 18.6. The molecule has 1 atom stereocenters. The van der Waals surface area contributed by atoms with E-state index in [9.17, 15) is 0 Å². The molecule has 1 fully saturated rings. The van der Waals surface area contributed by atoms with Crippen LogP contribution in [0.5, 0.6) is 0 Å². The van der Waals surface area contributed by atoms with Crippen LogP contribution in [0.25, 0.3) is 0 Å². The number of nitrogens with zero attached hydrogens (tertiary/aromatic N) is 7. The van der Waals surface area contributed by atoms with Crippen LogP contribution in [0.3, 0.4) is 0 Å². The predicted octanol–water partition coefficient (Wildman–Crippen LogP) is 1.51. The van der Waals surface area contributed by atoms with E-state index in [1.807, 2.05) is 0 Å². The highest BCUT2D eigenvalue weighted by Crippen LogP contribution is 2.19. The van der Waals surface area contributed by atoms with Gasteiger partial charge in [-0.15, -0.1) is 10.2 Å². The van der Waals surface area contributed by atoms with Crippen molar-refractivity contribution in [2.45, 2.75) is 65.0 Å². The number of ether oxygens (including phenoxy) is 1. The molecule has 4 heterocycles. The lowest BCUT2D eigenvalue weighted by Crippen LogP contribution is -2.31. The molecule has 4 rings (SSSR count). The van der Waals surface area contributed by atoms with Crippen molar-refractivity contribution in [3.05, 3.63) is 29.6 Å². The lowest BCUT2D eigenvalue weighted by atomic mass is 10.2. The van der Waals surface area contributed by atoms with Gasteiger partial charge in [-0.2, -0.15) is 5.10 Å². The lowest BCUT2D eigenvalue weighted by Gasteiger charge is -2.22. The molecule has 2 aromatic heterocycles. The maximum Gasteiger partial charge on any atom is 0.146 e. The summed E-state index contributed by atoms with van der Waals surface area (Å²) in [6, 6.07) is 2.27. The molecule has 2 aromatic rings. The van der Waals surface area contributed by atoms with Gasteiger partial charge >= 0.3 is 0 Å². The van der Waals surface area contributed by atoms with Gasteiger partial charge in [0.25, 0.3) is 0 Å². The minimum atomic E-state index is 0.418. The van der Waals surface area contributed by atoms with Crippen LogP contribution in [-0.2, 0) is 37.5 Å². The van der Waals surface area contributed by atoms with Gasteiger partial charge in [-0.05, 0) is 39.3 Å². The van der Waals surface area contributed by atoms with E-state index in [1.54, 1.807) is 6.33 Å². The second-order valence-corrected chi connectivity index (χ2v) is 7.78. The Morgan fingerprint density at radius 2 is 2.19 bits per heavy atom. The fraction of sp³-hybridized carbons (Fsp3) is 0.737. The Morgan fingerprint density at radius 3 is 3.00 bits per heavy atom. The molecule has 0 bridgehead atoms. The first-order valence-electron chi connectivity index (χ1n) is 10.2. The van der Waals surface area contributed by atoms with Crippen molar-refractivity contribution in [2.75, 3.05) is 26.7 Å². The van der Waals surface area contributed by atoms with Crippen molar-refractivity contribution in [2.24, 2.45) is 0 Å². The van der Waals surface area contributed by atoms with Crippen LogP contribution in [-0.4, -0.2) is 67.2 Å². The van der Waals surface area contributed by atoms with Gasteiger partial charge in [0, 0.05) is 45.9 Å². The minimum absolute atomic E-state index is 0.418. The van der Waals surface area contributed by atoms with Crippen LogP contribution in [0.2, 0.25) is 0 Å². The van der Waals surface area contributed by atoms with Crippen molar-refractivity contribution in [1.29, 1.82) is 0 Å². The van der Waals surface area contributed by atoms with E-state index in [2.05, 4.69) is 49.3 Å². The van der Waals surface area contributed by atoms with Gasteiger partial charge in [0.1, 0.15) is 12.2 Å². The van der Waals surface area contributed by atoms with Crippen molar-refractivity contribution >= 4 is 0 Å². The van der Waals surface area contributed by atoms with E-state index < -0.39 is 0 Å². The van der Waals surface area contributed by atoms with Crippen molar-refractivity contribution in [1.82, 2.24) is 34.3 Å². The first-order chi connectivity index (χ1) is 13.2. The Kier molecular flexibility index (Phi) is 5.85. The molecule has 0 spiro atoms. The number of hydrogen-bond donors (Lipinski definition) is 0. The fourth-order valence-corrected chi connectivity index (χ4v) is 4.14. The predicted molar refractivity (Wildman–Crippen MR) is 102 cm³/mol. The molecule has 148 valence electrons. The van der Waals surface area contributed by atoms with E-state index in [4.69, 9.17) is 9.84 Å². The quantitative estimate of drug-likeness (QED) is 0.733. The molecule has 1 unspecified atom stereocenters. The molecule has 0 aliphatic carbocycles. The van der Waals surface area contributed by atoms with E-state index >= 15 is 0 Å². The molecule has 27 heavy (non-hydrogen) atoms. The molecular formula is C19H31N7O. The van der Waals surface area contributed by atoms with Crippen LogP contribution in [0.1, 0.15) is 43.4 Å². The van der Waals surface area contributed by atoms with Crippen LogP contribution < -0.4 is 0 Å². The molecule has 0 saturated carbocycles. The average molecular weight is 374 g/mol. The highest BCUT2D eigenvalue weighted by Gasteiger charge is 2.22. The Labute approximate surface area is 161 Å². The second-order valence-electron chi connectivity index (χ2n) is 7.78. The van der Waals surface area contributed by atoms with Crippen molar-refractivity contribution in [3.63, 3.8) is 0 Å². The molecule has 1 saturated heterocycles. The molecule has 0 N–H and O–H groups in total. The van der Waals surface area contributed by atoms with E-state index in [1.165, 1.54) is 18.5 Å². The largest absolute Gasteiger partial charge is 0.377 e. The lowest BCUT2D eigenvalue weighted by molar-refractivity contribution is 0.0711. The minimum Gasteiger partial charge on any atom is -0.377 e. The summed E-state index contributed by atoms with van der Waals surface area (Å²) in [6.45, 7) is 9.70. The summed E-state index contributed by atoms with van der Waals surface area (Å²) in [4.78, 5) is 4.79. The summed E-state index contributed by atoms with van der Waals surface area (Å²) in [5.74, 6) is 1.00. The monoisotopic (exact) mass is 373 g/mol. The summed E-state index contributed by atoms with van der Waals surface area (Å²) in [5.41, 5.74) is 2.46. The van der Waals surface area contributed by atoms with Gasteiger partial charge in [-0.25, -0.2) is 0 Å². The molecule has 0 radical (unpaired) electrons. The molecule has 0 amide bonds. The third kappa shape index (κ3) is 4.56. The number of rotatable bonds is 7. The molecule has 2 aliphatic heterocycles. The van der Waals surface area contributed by atoms with Crippen molar-refractivity contribution in [3.8, 4) is 0 Å². The normalized spacial score (nSPS) is 20.9. The van der Waals surface area contributed by atoms with E-state index in [0.29, 0.717) is 6.10 Å². The van der Waals surface area contributed by atoms with Gasteiger partial charge in [-0.1, -0.05) is 0 Å². The third-order valence-electron chi connectivity index (χ3n) is 5.51. The Hall–Kier alpha value is -1.77. The first-order valence-corrected chi connectivity index (χ1v) is 10.2. The molecule has 2 aliphatic rings. The summed E-state index contributed by atoms with van der Waals surface area (Å²) < 4.78 is 10.1. The number of aryl methyl sites for hydroxylation is 2. The number of fused-ring (bicyclic) bond motifs is 1.